The zero-order valence-corrected chi connectivity index (χ0v) is 13.8. The molecule has 1 aliphatic rings. The lowest BCUT2D eigenvalue weighted by atomic mass is 9.78. The molecule has 0 unspecified atom stereocenters. The van der Waals surface area contributed by atoms with Gasteiger partial charge in [0.1, 0.15) is 0 Å². The van der Waals surface area contributed by atoms with E-state index >= 15 is 0 Å². The summed E-state index contributed by atoms with van der Waals surface area (Å²) in [4.78, 5) is 29.0. The van der Waals surface area contributed by atoms with Crippen molar-refractivity contribution in [3.63, 3.8) is 0 Å². The van der Waals surface area contributed by atoms with Crippen LogP contribution in [0.1, 0.15) is 41.4 Å². The van der Waals surface area contributed by atoms with E-state index < -0.39 is 0 Å². The van der Waals surface area contributed by atoms with Crippen molar-refractivity contribution in [2.75, 3.05) is 13.1 Å². The topological polar surface area (TPSA) is 53.2 Å². The molecule has 4 heteroatoms. The van der Waals surface area contributed by atoms with Gasteiger partial charge in [-0.15, -0.1) is 0 Å². The van der Waals surface area contributed by atoms with Gasteiger partial charge < -0.3 is 9.88 Å². The highest BCUT2D eigenvalue weighted by molar-refractivity contribution is 5.94. The minimum atomic E-state index is -0.230. The third-order valence-corrected chi connectivity index (χ3v) is 4.66. The van der Waals surface area contributed by atoms with E-state index in [1.54, 1.807) is 13.0 Å². The number of aromatic amines is 1. The lowest BCUT2D eigenvalue weighted by molar-refractivity contribution is 0.0777. The summed E-state index contributed by atoms with van der Waals surface area (Å²) in [7, 11) is 0. The van der Waals surface area contributed by atoms with Crippen LogP contribution < -0.4 is 5.56 Å². The van der Waals surface area contributed by atoms with Crippen molar-refractivity contribution in [2.45, 2.75) is 26.7 Å². The van der Waals surface area contributed by atoms with Crippen LogP contribution in [0.25, 0.3) is 0 Å². The molecule has 0 radical (unpaired) electrons. The second kappa shape index (κ2) is 5.69. The number of amides is 1. The quantitative estimate of drug-likeness (QED) is 0.927. The van der Waals surface area contributed by atoms with Gasteiger partial charge in [-0.3, -0.25) is 9.59 Å². The molecule has 2 heterocycles. The first kappa shape index (κ1) is 15.5. The maximum atomic E-state index is 12.8. The van der Waals surface area contributed by atoms with E-state index in [0.717, 1.165) is 0 Å². The molecule has 23 heavy (non-hydrogen) atoms. The largest absolute Gasteiger partial charge is 0.337 e. The number of pyridine rings is 1. The first-order valence-corrected chi connectivity index (χ1v) is 7.92. The molecular weight excluding hydrogens is 288 g/mol. The fourth-order valence-corrected chi connectivity index (χ4v) is 3.52. The van der Waals surface area contributed by atoms with Crippen LogP contribution in [0.15, 0.2) is 47.3 Å². The van der Waals surface area contributed by atoms with Gasteiger partial charge in [0.15, 0.2) is 0 Å². The van der Waals surface area contributed by atoms with Crippen LogP contribution in [-0.2, 0) is 0 Å². The normalized spacial score (nSPS) is 19.8. The maximum absolute atomic E-state index is 12.8. The van der Waals surface area contributed by atoms with Gasteiger partial charge in [-0.05, 0) is 24.0 Å². The molecule has 1 aliphatic heterocycles. The number of aryl methyl sites for hydroxylation is 1. The Hall–Kier alpha value is -2.36. The minimum Gasteiger partial charge on any atom is -0.337 e. The molecule has 1 aromatic carbocycles. The summed E-state index contributed by atoms with van der Waals surface area (Å²) >= 11 is 0. The molecule has 0 bridgehead atoms. The molecule has 1 fully saturated rings. The highest BCUT2D eigenvalue weighted by Gasteiger charge is 2.42. The number of nitrogens with zero attached hydrogens (tertiary/aromatic N) is 1. The summed E-state index contributed by atoms with van der Waals surface area (Å²) in [6, 6.07) is 13.5. The molecule has 0 spiro atoms. The second-order valence-corrected chi connectivity index (χ2v) is 7.05. The predicted molar refractivity (Wildman–Crippen MR) is 90.7 cm³/mol. The van der Waals surface area contributed by atoms with E-state index in [4.69, 9.17) is 0 Å². The number of aromatic nitrogens is 1. The van der Waals surface area contributed by atoms with Crippen LogP contribution in [0.5, 0.6) is 0 Å². The Labute approximate surface area is 136 Å². The van der Waals surface area contributed by atoms with Gasteiger partial charge in [-0.25, -0.2) is 0 Å². The van der Waals surface area contributed by atoms with Crippen molar-refractivity contribution in [3.8, 4) is 0 Å². The molecule has 2 aromatic rings. The molecule has 4 nitrogen and oxygen atoms in total. The van der Waals surface area contributed by atoms with E-state index in [9.17, 15) is 9.59 Å². The van der Waals surface area contributed by atoms with Gasteiger partial charge >= 0.3 is 0 Å². The van der Waals surface area contributed by atoms with Crippen LogP contribution in [0.4, 0.5) is 0 Å². The molecule has 1 N–H and O–H groups in total. The van der Waals surface area contributed by atoms with Crippen molar-refractivity contribution in [3.05, 3.63) is 69.6 Å². The molecule has 1 saturated heterocycles. The number of rotatable bonds is 2. The summed E-state index contributed by atoms with van der Waals surface area (Å²) in [5.74, 6) is 0.237. The fourth-order valence-electron chi connectivity index (χ4n) is 3.52. The standard InChI is InChI=1S/C19H22N2O2/c1-13-9-15(10-17(22)20-13)18(23)21-11-16(19(2,3)12-21)14-7-5-4-6-8-14/h4-10,16H,11-12H2,1-3H3,(H,20,22)/t16-/m1/s1. The first-order chi connectivity index (χ1) is 10.9. The lowest BCUT2D eigenvalue weighted by Crippen LogP contribution is -2.31. The SMILES string of the molecule is Cc1cc(C(=O)N2C[C@H](c3ccccc3)C(C)(C)C2)cc(=O)[nH]1. The number of hydrogen-bond donors (Lipinski definition) is 1. The van der Waals surface area contributed by atoms with Crippen LogP contribution in [0.2, 0.25) is 0 Å². The Balaban J connectivity index is 1.88. The van der Waals surface area contributed by atoms with Crippen molar-refractivity contribution >= 4 is 5.91 Å². The van der Waals surface area contributed by atoms with Crippen molar-refractivity contribution in [1.29, 1.82) is 0 Å². The summed E-state index contributed by atoms with van der Waals surface area (Å²) in [5, 5.41) is 0. The molecule has 120 valence electrons. The summed E-state index contributed by atoms with van der Waals surface area (Å²) in [5.41, 5.74) is 2.21. The molecule has 1 atom stereocenters. The summed E-state index contributed by atoms with van der Waals surface area (Å²) in [6.07, 6.45) is 0. The lowest BCUT2D eigenvalue weighted by Gasteiger charge is -2.25. The van der Waals surface area contributed by atoms with Crippen molar-refractivity contribution in [1.82, 2.24) is 9.88 Å². The number of H-pyrrole nitrogens is 1. The maximum Gasteiger partial charge on any atom is 0.254 e. The van der Waals surface area contributed by atoms with E-state index in [1.807, 2.05) is 23.1 Å². The second-order valence-electron chi connectivity index (χ2n) is 7.05. The Morgan fingerprint density at radius 2 is 1.91 bits per heavy atom. The van der Waals surface area contributed by atoms with Crippen molar-refractivity contribution in [2.24, 2.45) is 5.41 Å². The Bertz CT molecular complexity index is 777. The van der Waals surface area contributed by atoms with E-state index in [2.05, 4.69) is 31.0 Å². The van der Waals surface area contributed by atoms with Gasteiger partial charge in [-0.2, -0.15) is 0 Å². The van der Waals surface area contributed by atoms with Gasteiger partial charge in [0.25, 0.3) is 5.91 Å². The Morgan fingerprint density at radius 3 is 2.57 bits per heavy atom. The molecule has 0 aliphatic carbocycles. The molecule has 3 rings (SSSR count). The van der Waals surface area contributed by atoms with Crippen LogP contribution >= 0.6 is 0 Å². The van der Waals surface area contributed by atoms with E-state index in [0.29, 0.717) is 30.3 Å². The molecular formula is C19H22N2O2. The van der Waals surface area contributed by atoms with Gasteiger partial charge in [0, 0.05) is 36.3 Å². The average Bonchev–Trinajstić information content (AvgIpc) is 2.82. The van der Waals surface area contributed by atoms with Crippen LogP contribution in [-0.4, -0.2) is 28.9 Å². The van der Waals surface area contributed by atoms with Crippen molar-refractivity contribution < 1.29 is 4.79 Å². The third-order valence-electron chi connectivity index (χ3n) is 4.66. The number of hydrogen-bond acceptors (Lipinski definition) is 2. The molecule has 1 amide bonds. The predicted octanol–water partition coefficient (Wildman–Crippen LogP) is 2.95. The highest BCUT2D eigenvalue weighted by atomic mass is 16.2. The monoisotopic (exact) mass is 310 g/mol. The summed E-state index contributed by atoms with van der Waals surface area (Å²) < 4.78 is 0. The summed E-state index contributed by atoms with van der Waals surface area (Å²) in [6.45, 7) is 7.56. The van der Waals surface area contributed by atoms with Gasteiger partial charge in [0.2, 0.25) is 5.56 Å². The minimum absolute atomic E-state index is 0.00720. The number of nitrogens with one attached hydrogen (secondary N) is 1. The Kier molecular flexibility index (Phi) is 3.84. The number of benzene rings is 1. The van der Waals surface area contributed by atoms with E-state index in [1.165, 1.54) is 11.6 Å². The number of likely N-dealkylation sites (tertiary alicyclic amines) is 1. The van der Waals surface area contributed by atoms with Crippen LogP contribution in [0.3, 0.4) is 0 Å². The number of carbonyl (C=O) groups excluding carboxylic acids is 1. The van der Waals surface area contributed by atoms with Gasteiger partial charge in [0.05, 0.1) is 0 Å². The fraction of sp³-hybridized carbons (Fsp3) is 0.368. The highest BCUT2D eigenvalue weighted by Crippen LogP contribution is 2.42. The van der Waals surface area contributed by atoms with Crippen LogP contribution in [0, 0.1) is 12.3 Å². The number of carbonyl (C=O) groups is 1. The smallest absolute Gasteiger partial charge is 0.254 e. The average molecular weight is 310 g/mol. The first-order valence-electron chi connectivity index (χ1n) is 7.92. The molecule has 0 saturated carbocycles. The zero-order valence-electron chi connectivity index (χ0n) is 13.8. The van der Waals surface area contributed by atoms with Gasteiger partial charge in [-0.1, -0.05) is 44.2 Å². The zero-order chi connectivity index (χ0) is 16.6. The third kappa shape index (κ3) is 3.07. The Morgan fingerprint density at radius 1 is 1.22 bits per heavy atom. The van der Waals surface area contributed by atoms with E-state index in [-0.39, 0.29) is 16.9 Å². The molecule has 1 aromatic heterocycles.